The van der Waals surface area contributed by atoms with Gasteiger partial charge in [0.15, 0.2) is 0 Å². The van der Waals surface area contributed by atoms with Crippen LogP contribution in [0.4, 0.5) is 5.69 Å². The Labute approximate surface area is 77.8 Å². The van der Waals surface area contributed by atoms with Crippen molar-refractivity contribution in [3.63, 3.8) is 0 Å². The van der Waals surface area contributed by atoms with Crippen LogP contribution in [0, 0.1) is 6.92 Å². The zero-order chi connectivity index (χ0) is 9.26. The first kappa shape index (κ1) is 8.05. The Bertz CT molecular complexity index is 389. The molecule has 0 spiro atoms. The van der Waals surface area contributed by atoms with Crippen LogP contribution in [0.25, 0.3) is 5.57 Å². The fraction of sp³-hybridized carbons (Fsp3) is 0.182. The van der Waals surface area contributed by atoms with E-state index < -0.39 is 0 Å². The van der Waals surface area contributed by atoms with Gasteiger partial charge in [-0.15, -0.1) is 0 Å². The van der Waals surface area contributed by atoms with Gasteiger partial charge in [-0.2, -0.15) is 0 Å². The maximum atomic E-state index is 5.67. The second-order valence-corrected chi connectivity index (χ2v) is 3.23. The SMILES string of the molecule is Cc1cc(N)ccc1C1=CCN=C1. The molecule has 0 aromatic heterocycles. The second-order valence-electron chi connectivity index (χ2n) is 3.23. The maximum Gasteiger partial charge on any atom is 0.0580 e. The van der Waals surface area contributed by atoms with E-state index in [2.05, 4.69) is 18.0 Å². The van der Waals surface area contributed by atoms with Crippen LogP contribution in [0.2, 0.25) is 0 Å². The van der Waals surface area contributed by atoms with E-state index in [-0.39, 0.29) is 0 Å². The van der Waals surface area contributed by atoms with Gasteiger partial charge in [-0.05, 0) is 35.8 Å². The lowest BCUT2D eigenvalue weighted by molar-refractivity contribution is 1.29. The quantitative estimate of drug-likeness (QED) is 0.647. The van der Waals surface area contributed by atoms with Gasteiger partial charge in [0.1, 0.15) is 0 Å². The van der Waals surface area contributed by atoms with Crippen molar-refractivity contribution in [3.05, 3.63) is 35.4 Å². The zero-order valence-electron chi connectivity index (χ0n) is 7.62. The number of benzene rings is 1. The third-order valence-corrected chi connectivity index (χ3v) is 2.21. The second kappa shape index (κ2) is 3.05. The van der Waals surface area contributed by atoms with Crippen LogP contribution < -0.4 is 5.73 Å². The van der Waals surface area contributed by atoms with Crippen LogP contribution >= 0.6 is 0 Å². The first-order chi connectivity index (χ1) is 6.27. The summed E-state index contributed by atoms with van der Waals surface area (Å²) in [5.41, 5.74) is 10.1. The molecule has 1 aliphatic rings. The molecule has 0 bridgehead atoms. The van der Waals surface area contributed by atoms with E-state index in [0.717, 1.165) is 12.2 Å². The molecule has 0 fully saturated rings. The summed E-state index contributed by atoms with van der Waals surface area (Å²) < 4.78 is 0. The summed E-state index contributed by atoms with van der Waals surface area (Å²) in [6.07, 6.45) is 4.04. The fourth-order valence-corrected chi connectivity index (χ4v) is 1.55. The number of anilines is 1. The molecule has 0 atom stereocenters. The van der Waals surface area contributed by atoms with E-state index in [4.69, 9.17) is 5.73 Å². The lowest BCUT2D eigenvalue weighted by Crippen LogP contribution is -1.91. The predicted octanol–water partition coefficient (Wildman–Crippen LogP) is 2.05. The molecule has 2 N–H and O–H groups in total. The van der Waals surface area contributed by atoms with E-state index >= 15 is 0 Å². The average molecular weight is 172 g/mol. The predicted molar refractivity (Wildman–Crippen MR) is 56.9 cm³/mol. The van der Waals surface area contributed by atoms with Crippen molar-refractivity contribution < 1.29 is 0 Å². The highest BCUT2D eigenvalue weighted by molar-refractivity contribution is 6.12. The van der Waals surface area contributed by atoms with Gasteiger partial charge in [-0.3, -0.25) is 4.99 Å². The average Bonchev–Trinajstić information content (AvgIpc) is 2.56. The topological polar surface area (TPSA) is 38.4 Å². The number of rotatable bonds is 1. The summed E-state index contributed by atoms with van der Waals surface area (Å²) in [5, 5.41) is 0. The number of hydrogen-bond donors (Lipinski definition) is 1. The molecule has 0 amide bonds. The summed E-state index contributed by atoms with van der Waals surface area (Å²) in [7, 11) is 0. The largest absolute Gasteiger partial charge is 0.399 e. The van der Waals surface area contributed by atoms with Gasteiger partial charge in [0.25, 0.3) is 0 Å². The molecule has 0 saturated carbocycles. The van der Waals surface area contributed by atoms with Crippen molar-refractivity contribution in [2.75, 3.05) is 12.3 Å². The molecule has 66 valence electrons. The van der Waals surface area contributed by atoms with Crippen molar-refractivity contribution in [2.24, 2.45) is 4.99 Å². The smallest absolute Gasteiger partial charge is 0.0580 e. The Morgan fingerprint density at radius 1 is 1.38 bits per heavy atom. The highest BCUT2D eigenvalue weighted by Crippen LogP contribution is 2.21. The molecule has 2 rings (SSSR count). The summed E-state index contributed by atoms with van der Waals surface area (Å²) >= 11 is 0. The van der Waals surface area contributed by atoms with E-state index in [0.29, 0.717) is 0 Å². The lowest BCUT2D eigenvalue weighted by Gasteiger charge is -2.04. The third-order valence-electron chi connectivity index (χ3n) is 2.21. The van der Waals surface area contributed by atoms with Gasteiger partial charge in [0.05, 0.1) is 6.54 Å². The Morgan fingerprint density at radius 2 is 2.23 bits per heavy atom. The summed E-state index contributed by atoms with van der Waals surface area (Å²) in [5.74, 6) is 0. The monoisotopic (exact) mass is 172 g/mol. The fourth-order valence-electron chi connectivity index (χ4n) is 1.55. The summed E-state index contributed by atoms with van der Waals surface area (Å²) in [4.78, 5) is 4.16. The van der Waals surface area contributed by atoms with Crippen LogP contribution in [0.5, 0.6) is 0 Å². The van der Waals surface area contributed by atoms with Crippen LogP contribution in [0.3, 0.4) is 0 Å². The molecule has 1 aromatic rings. The molecule has 0 unspecified atom stereocenters. The number of allylic oxidation sites excluding steroid dienone is 1. The molecular weight excluding hydrogens is 160 g/mol. The van der Waals surface area contributed by atoms with Crippen LogP contribution in [-0.4, -0.2) is 12.8 Å². The molecule has 13 heavy (non-hydrogen) atoms. The van der Waals surface area contributed by atoms with Gasteiger partial charge in [-0.1, -0.05) is 12.1 Å². The van der Waals surface area contributed by atoms with Crippen molar-refractivity contribution in [1.29, 1.82) is 0 Å². The normalized spacial score (nSPS) is 14.7. The van der Waals surface area contributed by atoms with Crippen molar-refractivity contribution in [2.45, 2.75) is 6.92 Å². The minimum absolute atomic E-state index is 0.805. The Balaban J connectivity index is 2.46. The molecule has 1 aliphatic heterocycles. The molecular formula is C11H12N2. The molecule has 0 aliphatic carbocycles. The van der Waals surface area contributed by atoms with Crippen LogP contribution in [-0.2, 0) is 0 Å². The molecule has 1 heterocycles. The first-order valence-electron chi connectivity index (χ1n) is 4.34. The highest BCUT2D eigenvalue weighted by Gasteiger charge is 2.05. The van der Waals surface area contributed by atoms with E-state index in [1.807, 2.05) is 24.4 Å². The molecule has 1 aromatic carbocycles. The maximum absolute atomic E-state index is 5.67. The first-order valence-corrected chi connectivity index (χ1v) is 4.34. The van der Waals surface area contributed by atoms with Gasteiger partial charge in [0, 0.05) is 11.9 Å². The molecule has 2 nitrogen and oxygen atoms in total. The van der Waals surface area contributed by atoms with Gasteiger partial charge in [0.2, 0.25) is 0 Å². The van der Waals surface area contributed by atoms with Crippen molar-refractivity contribution >= 4 is 17.5 Å². The van der Waals surface area contributed by atoms with Crippen molar-refractivity contribution in [1.82, 2.24) is 0 Å². The van der Waals surface area contributed by atoms with E-state index in [1.54, 1.807) is 0 Å². The minimum atomic E-state index is 0.805. The number of aliphatic imine (C=N–C) groups is 1. The number of nitrogen functional groups attached to an aromatic ring is 1. The summed E-state index contributed by atoms with van der Waals surface area (Å²) in [6, 6.07) is 5.96. The number of aryl methyl sites for hydroxylation is 1. The van der Waals surface area contributed by atoms with Crippen LogP contribution in [0.1, 0.15) is 11.1 Å². The zero-order valence-corrected chi connectivity index (χ0v) is 7.62. The summed E-state index contributed by atoms with van der Waals surface area (Å²) in [6.45, 7) is 2.87. The molecule has 0 saturated heterocycles. The number of hydrogen-bond acceptors (Lipinski definition) is 2. The van der Waals surface area contributed by atoms with Gasteiger partial charge in [-0.25, -0.2) is 0 Å². The molecule has 0 radical (unpaired) electrons. The Morgan fingerprint density at radius 3 is 2.85 bits per heavy atom. The van der Waals surface area contributed by atoms with Crippen LogP contribution in [0.15, 0.2) is 29.3 Å². The van der Waals surface area contributed by atoms with Gasteiger partial charge >= 0.3 is 0 Å². The van der Waals surface area contributed by atoms with E-state index in [9.17, 15) is 0 Å². The highest BCUT2D eigenvalue weighted by atomic mass is 14.7. The number of nitrogens with two attached hydrogens (primary N) is 1. The van der Waals surface area contributed by atoms with Gasteiger partial charge < -0.3 is 5.73 Å². The van der Waals surface area contributed by atoms with E-state index in [1.165, 1.54) is 16.7 Å². The third kappa shape index (κ3) is 1.47. The number of nitrogens with zero attached hydrogens (tertiary/aromatic N) is 1. The van der Waals surface area contributed by atoms with Crippen molar-refractivity contribution in [3.8, 4) is 0 Å². The molecule has 2 heteroatoms. The Hall–Kier alpha value is -1.57. The minimum Gasteiger partial charge on any atom is -0.399 e. The Kier molecular flexibility index (Phi) is 1.89. The standard InChI is InChI=1S/C11H12N2/c1-8-6-10(12)2-3-11(8)9-4-5-13-7-9/h2-4,6-7H,5,12H2,1H3. The lowest BCUT2D eigenvalue weighted by atomic mass is 10.0.